The second-order valence-electron chi connectivity index (χ2n) is 4.87. The largest absolute Gasteiger partial charge is 0.389 e. The van der Waals surface area contributed by atoms with E-state index in [-0.39, 0.29) is 0 Å². The number of hydrogen-bond acceptors (Lipinski definition) is 2. The molecule has 0 bridgehead atoms. The molecule has 0 aliphatic rings. The Kier molecular flexibility index (Phi) is 4.63. The molecule has 0 fully saturated rings. The Bertz CT molecular complexity index is 623. The van der Waals surface area contributed by atoms with Crippen molar-refractivity contribution in [1.29, 1.82) is 0 Å². The first kappa shape index (κ1) is 14.8. The predicted octanol–water partition coefficient (Wildman–Crippen LogP) is 3.92. The lowest BCUT2D eigenvalue weighted by Crippen LogP contribution is -2.21. The highest BCUT2D eigenvalue weighted by molar-refractivity contribution is 7.80. The zero-order chi connectivity index (χ0) is 14.7. The molecular weight excluding hydrogens is 288 g/mol. The molecule has 2 aromatic rings. The third kappa shape index (κ3) is 3.50. The lowest BCUT2D eigenvalue weighted by Gasteiger charge is -2.22. The summed E-state index contributed by atoms with van der Waals surface area (Å²) in [5, 5.41) is 0.677. The summed E-state index contributed by atoms with van der Waals surface area (Å²) < 4.78 is 0. The minimum Gasteiger partial charge on any atom is -0.389 e. The number of hydrogen-bond donors (Lipinski definition) is 1. The van der Waals surface area contributed by atoms with Crippen molar-refractivity contribution in [2.45, 2.75) is 13.5 Å². The first-order valence-electron chi connectivity index (χ1n) is 6.33. The van der Waals surface area contributed by atoms with Gasteiger partial charge in [-0.25, -0.2) is 0 Å². The third-order valence-electron chi connectivity index (χ3n) is 3.18. The molecule has 0 spiro atoms. The van der Waals surface area contributed by atoms with Crippen LogP contribution in [0.2, 0.25) is 5.02 Å². The summed E-state index contributed by atoms with van der Waals surface area (Å²) in [5.41, 5.74) is 10.1. The molecule has 0 unspecified atom stereocenters. The number of nitrogens with two attached hydrogens (primary N) is 1. The molecule has 4 heteroatoms. The second kappa shape index (κ2) is 6.25. The maximum atomic E-state index is 6.08. The standard InChI is InChI=1S/C16H17ClN2S/c1-11-3-5-12(6-4-11)10-19(2)15-9-13(17)7-8-14(15)16(18)20/h3-9H,10H2,1-2H3,(H2,18,20). The number of halogens is 1. The minimum absolute atomic E-state index is 0.382. The van der Waals surface area contributed by atoms with E-state index < -0.39 is 0 Å². The third-order valence-corrected chi connectivity index (χ3v) is 3.63. The first-order chi connectivity index (χ1) is 9.47. The molecule has 0 amide bonds. The number of rotatable bonds is 4. The van der Waals surface area contributed by atoms with Gasteiger partial charge in [-0.1, -0.05) is 53.6 Å². The van der Waals surface area contributed by atoms with E-state index in [9.17, 15) is 0 Å². The zero-order valence-corrected chi connectivity index (χ0v) is 13.1. The molecule has 0 aliphatic carbocycles. The van der Waals surface area contributed by atoms with Crippen LogP contribution in [-0.4, -0.2) is 12.0 Å². The molecule has 0 saturated carbocycles. The summed E-state index contributed by atoms with van der Waals surface area (Å²) in [6.07, 6.45) is 0. The van der Waals surface area contributed by atoms with Gasteiger partial charge in [0.2, 0.25) is 0 Å². The van der Waals surface area contributed by atoms with E-state index in [1.165, 1.54) is 11.1 Å². The summed E-state index contributed by atoms with van der Waals surface area (Å²) in [5.74, 6) is 0. The Morgan fingerprint density at radius 2 is 1.85 bits per heavy atom. The van der Waals surface area contributed by atoms with E-state index in [1.54, 1.807) is 6.07 Å². The summed E-state index contributed by atoms with van der Waals surface area (Å²) >= 11 is 11.2. The van der Waals surface area contributed by atoms with Gasteiger partial charge >= 0.3 is 0 Å². The Balaban J connectivity index is 2.28. The number of nitrogens with zero attached hydrogens (tertiary/aromatic N) is 1. The number of anilines is 1. The topological polar surface area (TPSA) is 29.3 Å². The fraction of sp³-hybridized carbons (Fsp3) is 0.188. The van der Waals surface area contributed by atoms with Gasteiger partial charge in [0.15, 0.2) is 0 Å². The number of benzene rings is 2. The quantitative estimate of drug-likeness (QED) is 0.868. The average molecular weight is 305 g/mol. The number of thiocarbonyl (C=S) groups is 1. The van der Waals surface area contributed by atoms with Crippen LogP contribution >= 0.6 is 23.8 Å². The normalized spacial score (nSPS) is 10.3. The monoisotopic (exact) mass is 304 g/mol. The zero-order valence-electron chi connectivity index (χ0n) is 11.6. The van der Waals surface area contributed by atoms with Crippen molar-refractivity contribution in [1.82, 2.24) is 0 Å². The summed E-state index contributed by atoms with van der Waals surface area (Å²) in [7, 11) is 2.01. The van der Waals surface area contributed by atoms with Gasteiger partial charge in [-0.15, -0.1) is 0 Å². The van der Waals surface area contributed by atoms with Gasteiger partial charge in [0.25, 0.3) is 0 Å². The lowest BCUT2D eigenvalue weighted by atomic mass is 10.1. The highest BCUT2D eigenvalue weighted by atomic mass is 35.5. The molecule has 2 N–H and O–H groups in total. The summed E-state index contributed by atoms with van der Waals surface area (Å²) in [6, 6.07) is 14.0. The highest BCUT2D eigenvalue weighted by Gasteiger charge is 2.11. The van der Waals surface area contributed by atoms with Crippen molar-refractivity contribution < 1.29 is 0 Å². The van der Waals surface area contributed by atoms with Crippen LogP contribution in [0, 0.1) is 6.92 Å². The summed E-state index contributed by atoms with van der Waals surface area (Å²) in [6.45, 7) is 2.85. The lowest BCUT2D eigenvalue weighted by molar-refractivity contribution is 0.921. The molecule has 20 heavy (non-hydrogen) atoms. The molecule has 0 aromatic heterocycles. The molecule has 104 valence electrons. The Morgan fingerprint density at radius 3 is 2.45 bits per heavy atom. The molecule has 0 aliphatic heterocycles. The van der Waals surface area contributed by atoms with Crippen LogP contribution in [0.1, 0.15) is 16.7 Å². The molecule has 0 saturated heterocycles. The van der Waals surface area contributed by atoms with Crippen LogP contribution in [0.15, 0.2) is 42.5 Å². The van der Waals surface area contributed by atoms with Gasteiger partial charge in [0, 0.05) is 29.9 Å². The molecule has 2 aromatic carbocycles. The van der Waals surface area contributed by atoms with E-state index in [1.807, 2.05) is 19.2 Å². The van der Waals surface area contributed by atoms with Crippen molar-refractivity contribution in [3.05, 3.63) is 64.2 Å². The maximum absolute atomic E-state index is 6.08. The van der Waals surface area contributed by atoms with Crippen molar-refractivity contribution >= 4 is 34.5 Å². The van der Waals surface area contributed by atoms with Crippen molar-refractivity contribution in [3.8, 4) is 0 Å². The number of aryl methyl sites for hydroxylation is 1. The van der Waals surface area contributed by atoms with Gasteiger partial charge in [-0.05, 0) is 30.7 Å². The van der Waals surface area contributed by atoms with Gasteiger partial charge in [-0.2, -0.15) is 0 Å². The van der Waals surface area contributed by atoms with Crippen LogP contribution in [-0.2, 0) is 6.54 Å². The van der Waals surface area contributed by atoms with Crippen molar-refractivity contribution in [2.75, 3.05) is 11.9 Å². The van der Waals surface area contributed by atoms with E-state index >= 15 is 0 Å². The van der Waals surface area contributed by atoms with E-state index in [2.05, 4.69) is 36.1 Å². The first-order valence-corrected chi connectivity index (χ1v) is 7.12. The van der Waals surface area contributed by atoms with Gasteiger partial charge in [0.1, 0.15) is 4.99 Å². The van der Waals surface area contributed by atoms with Crippen molar-refractivity contribution in [2.24, 2.45) is 5.73 Å². The maximum Gasteiger partial charge on any atom is 0.106 e. The van der Waals surface area contributed by atoms with Crippen LogP contribution in [0.5, 0.6) is 0 Å². The van der Waals surface area contributed by atoms with Crippen LogP contribution < -0.4 is 10.6 Å². The van der Waals surface area contributed by atoms with Gasteiger partial charge in [-0.3, -0.25) is 0 Å². The smallest absolute Gasteiger partial charge is 0.106 e. The molecular formula is C16H17ClN2S. The van der Waals surface area contributed by atoms with E-state index in [0.29, 0.717) is 10.0 Å². The Hall–Kier alpha value is -1.58. The molecule has 2 rings (SSSR count). The minimum atomic E-state index is 0.382. The van der Waals surface area contributed by atoms with Crippen LogP contribution in [0.4, 0.5) is 5.69 Å². The summed E-state index contributed by atoms with van der Waals surface area (Å²) in [4.78, 5) is 2.48. The van der Waals surface area contributed by atoms with E-state index in [4.69, 9.17) is 29.6 Å². The van der Waals surface area contributed by atoms with E-state index in [0.717, 1.165) is 17.8 Å². The van der Waals surface area contributed by atoms with Gasteiger partial charge < -0.3 is 10.6 Å². The highest BCUT2D eigenvalue weighted by Crippen LogP contribution is 2.25. The molecule has 2 nitrogen and oxygen atoms in total. The fourth-order valence-electron chi connectivity index (χ4n) is 2.08. The fourth-order valence-corrected chi connectivity index (χ4v) is 2.42. The molecule has 0 heterocycles. The second-order valence-corrected chi connectivity index (χ2v) is 5.74. The predicted molar refractivity (Wildman–Crippen MR) is 90.6 cm³/mol. The Labute approximate surface area is 130 Å². The molecule has 0 atom stereocenters. The van der Waals surface area contributed by atoms with Crippen LogP contribution in [0.3, 0.4) is 0 Å². The van der Waals surface area contributed by atoms with Crippen LogP contribution in [0.25, 0.3) is 0 Å². The van der Waals surface area contributed by atoms with Crippen molar-refractivity contribution in [3.63, 3.8) is 0 Å². The Morgan fingerprint density at radius 1 is 1.20 bits per heavy atom. The van der Waals surface area contributed by atoms with Gasteiger partial charge in [0.05, 0.1) is 0 Å². The molecule has 0 radical (unpaired) electrons. The SMILES string of the molecule is Cc1ccc(CN(C)c2cc(Cl)ccc2C(N)=S)cc1. The average Bonchev–Trinajstić information content (AvgIpc) is 2.41.